The van der Waals surface area contributed by atoms with Crippen molar-refractivity contribution in [2.24, 2.45) is 0 Å². The van der Waals surface area contributed by atoms with Crippen LogP contribution in [0, 0.1) is 5.82 Å². The van der Waals surface area contributed by atoms with Crippen LogP contribution in [0.3, 0.4) is 0 Å². The number of hydrogen-bond acceptors (Lipinski definition) is 3. The van der Waals surface area contributed by atoms with Crippen LogP contribution in [-0.4, -0.2) is 25.3 Å². The fourth-order valence-corrected chi connectivity index (χ4v) is 3.52. The minimum absolute atomic E-state index is 0.138. The van der Waals surface area contributed by atoms with Gasteiger partial charge in [-0.2, -0.15) is 8.42 Å². The molecule has 0 unspecified atom stereocenters. The van der Waals surface area contributed by atoms with Crippen LogP contribution in [0.2, 0.25) is 0 Å². The first-order valence-electron chi connectivity index (χ1n) is 4.24. The molecule has 0 heterocycles. The van der Waals surface area contributed by atoms with Crippen LogP contribution in [0.25, 0.3) is 0 Å². The summed E-state index contributed by atoms with van der Waals surface area (Å²) in [6.07, 6.45) is 0. The summed E-state index contributed by atoms with van der Waals surface area (Å²) in [5, 5.41) is 0. The zero-order valence-electron chi connectivity index (χ0n) is 8.38. The van der Waals surface area contributed by atoms with Gasteiger partial charge in [0, 0.05) is 0 Å². The van der Waals surface area contributed by atoms with Crippen LogP contribution in [0.4, 0.5) is 4.39 Å². The summed E-state index contributed by atoms with van der Waals surface area (Å²) in [6.45, 7) is -0.263. The van der Waals surface area contributed by atoms with Crippen molar-refractivity contribution in [3.05, 3.63) is 23.7 Å². The van der Waals surface area contributed by atoms with E-state index in [1.165, 1.54) is 0 Å². The highest BCUT2D eigenvalue weighted by molar-refractivity contribution is 9.14. The van der Waals surface area contributed by atoms with Crippen LogP contribution in [0.1, 0.15) is 0 Å². The Balaban J connectivity index is 3.03. The predicted molar refractivity (Wildman–Crippen MR) is 79.1 cm³/mol. The summed E-state index contributed by atoms with van der Waals surface area (Å²) in [7, 11) is -4.10. The maximum Gasteiger partial charge on any atom is 0.268 e. The Bertz CT molecular complexity index is 546. The molecule has 102 valence electrons. The third kappa shape index (κ3) is 4.14. The van der Waals surface area contributed by atoms with Crippen LogP contribution < -0.4 is 4.74 Å². The zero-order chi connectivity index (χ0) is 14.1. The second-order valence-corrected chi connectivity index (χ2v) is 7.78. The Hall–Kier alpha value is 0.780. The van der Waals surface area contributed by atoms with E-state index in [4.69, 9.17) is 9.29 Å². The molecule has 0 fully saturated rings. The molecule has 0 aliphatic rings. The van der Waals surface area contributed by atoms with E-state index in [-0.39, 0.29) is 21.3 Å². The van der Waals surface area contributed by atoms with Gasteiger partial charge in [-0.05, 0) is 63.7 Å². The van der Waals surface area contributed by atoms with Crippen molar-refractivity contribution in [1.82, 2.24) is 0 Å². The molecule has 0 radical (unpaired) electrons. The van der Waals surface area contributed by atoms with Gasteiger partial charge in [-0.25, -0.2) is 4.39 Å². The van der Waals surface area contributed by atoms with E-state index in [9.17, 15) is 12.8 Å². The standard InChI is InChI=1S/C8H5Br4FO4S/c9-3-5(11)8(6(12)4(10)7(3)13)17-1-2-18(14,15)16/h1-2H2,(H,14,15,16). The average Bonchev–Trinajstić information content (AvgIpc) is 2.27. The van der Waals surface area contributed by atoms with E-state index in [1.807, 2.05) is 0 Å². The smallest absolute Gasteiger partial charge is 0.268 e. The highest BCUT2D eigenvalue weighted by atomic mass is 79.9. The lowest BCUT2D eigenvalue weighted by molar-refractivity contribution is 0.330. The molecule has 0 spiro atoms. The lowest BCUT2D eigenvalue weighted by atomic mass is 10.3. The molecule has 18 heavy (non-hydrogen) atoms. The van der Waals surface area contributed by atoms with Crippen molar-refractivity contribution in [2.75, 3.05) is 12.4 Å². The minimum Gasteiger partial charge on any atom is -0.490 e. The highest BCUT2D eigenvalue weighted by Gasteiger charge is 2.20. The van der Waals surface area contributed by atoms with Crippen molar-refractivity contribution in [3.63, 3.8) is 0 Å². The highest BCUT2D eigenvalue weighted by Crippen LogP contribution is 2.45. The van der Waals surface area contributed by atoms with E-state index in [0.29, 0.717) is 8.95 Å². The molecule has 1 aromatic carbocycles. The van der Waals surface area contributed by atoms with E-state index in [0.717, 1.165) is 0 Å². The molecular weight excluding hydrogens is 531 g/mol. The molecule has 4 nitrogen and oxygen atoms in total. The van der Waals surface area contributed by atoms with Crippen LogP contribution in [-0.2, 0) is 10.1 Å². The lowest BCUT2D eigenvalue weighted by Gasteiger charge is -2.13. The third-order valence-electron chi connectivity index (χ3n) is 1.76. The molecule has 1 aromatic rings. The first kappa shape index (κ1) is 16.8. The molecule has 0 amide bonds. The topological polar surface area (TPSA) is 63.6 Å². The Morgan fingerprint density at radius 3 is 1.89 bits per heavy atom. The zero-order valence-corrected chi connectivity index (χ0v) is 15.5. The second kappa shape index (κ2) is 6.49. The fourth-order valence-electron chi connectivity index (χ4n) is 0.961. The second-order valence-electron chi connectivity index (χ2n) is 3.03. The summed E-state index contributed by atoms with van der Waals surface area (Å²) in [6, 6.07) is 0. The van der Waals surface area contributed by atoms with Crippen molar-refractivity contribution >= 4 is 73.8 Å². The Kier molecular flexibility index (Phi) is 6.07. The average molecular weight is 536 g/mol. The third-order valence-corrected chi connectivity index (χ3v) is 6.51. The van der Waals surface area contributed by atoms with Crippen LogP contribution in [0.15, 0.2) is 17.9 Å². The quantitative estimate of drug-likeness (QED) is 0.358. The van der Waals surface area contributed by atoms with Gasteiger partial charge in [-0.15, -0.1) is 0 Å². The largest absolute Gasteiger partial charge is 0.490 e. The maximum absolute atomic E-state index is 13.6. The van der Waals surface area contributed by atoms with Crippen LogP contribution in [0.5, 0.6) is 5.75 Å². The number of ether oxygens (including phenoxy) is 1. The molecule has 0 saturated heterocycles. The summed E-state index contributed by atoms with van der Waals surface area (Å²) in [5.74, 6) is -0.868. The Morgan fingerprint density at radius 2 is 1.50 bits per heavy atom. The number of rotatable bonds is 4. The number of benzene rings is 1. The Morgan fingerprint density at radius 1 is 1.06 bits per heavy atom. The molecule has 0 aromatic heterocycles. The van der Waals surface area contributed by atoms with Gasteiger partial charge in [-0.1, -0.05) is 0 Å². The molecule has 0 aliphatic carbocycles. The van der Waals surface area contributed by atoms with Gasteiger partial charge in [-0.3, -0.25) is 4.55 Å². The van der Waals surface area contributed by atoms with Crippen molar-refractivity contribution < 1.29 is 22.1 Å². The summed E-state index contributed by atoms with van der Waals surface area (Å²) in [5.41, 5.74) is 0. The number of halogens is 5. The molecule has 10 heteroatoms. The fraction of sp³-hybridized carbons (Fsp3) is 0.250. The predicted octanol–water partition coefficient (Wildman–Crippen LogP) is 4.14. The first-order valence-corrected chi connectivity index (χ1v) is 9.02. The summed E-state index contributed by atoms with van der Waals surface area (Å²) in [4.78, 5) is 0. The molecule has 1 rings (SSSR count). The molecule has 0 saturated carbocycles. The maximum atomic E-state index is 13.6. The normalized spacial score (nSPS) is 11.7. The summed E-state index contributed by atoms with van der Waals surface area (Å²) < 4.78 is 49.4. The summed E-state index contributed by atoms with van der Waals surface area (Å²) >= 11 is 12.3. The lowest BCUT2D eigenvalue weighted by Crippen LogP contribution is -2.13. The van der Waals surface area contributed by atoms with E-state index in [2.05, 4.69) is 63.7 Å². The molecule has 0 atom stereocenters. The van der Waals surface area contributed by atoms with Gasteiger partial charge < -0.3 is 4.74 Å². The SMILES string of the molecule is O=S(=O)(O)CCOc1c(Br)c(Br)c(F)c(Br)c1Br. The van der Waals surface area contributed by atoms with Crippen molar-refractivity contribution in [1.29, 1.82) is 0 Å². The molecule has 0 bridgehead atoms. The van der Waals surface area contributed by atoms with Gasteiger partial charge in [0.25, 0.3) is 10.1 Å². The minimum atomic E-state index is -4.10. The van der Waals surface area contributed by atoms with Crippen molar-refractivity contribution in [3.8, 4) is 5.75 Å². The van der Waals surface area contributed by atoms with Crippen molar-refractivity contribution in [2.45, 2.75) is 0 Å². The first-order chi connectivity index (χ1) is 8.15. The van der Waals surface area contributed by atoms with Gasteiger partial charge in [0.15, 0.2) is 5.82 Å². The van der Waals surface area contributed by atoms with Crippen LogP contribution >= 0.6 is 63.7 Å². The molecule has 0 aliphatic heterocycles. The number of hydrogen-bond donors (Lipinski definition) is 1. The van der Waals surface area contributed by atoms with Gasteiger partial charge in [0.2, 0.25) is 0 Å². The molecular formula is C8H5Br4FO4S. The van der Waals surface area contributed by atoms with Gasteiger partial charge in [0.05, 0.1) is 17.9 Å². The monoisotopic (exact) mass is 532 g/mol. The van der Waals surface area contributed by atoms with Gasteiger partial charge in [0.1, 0.15) is 18.1 Å². The Labute approximate surface area is 137 Å². The van der Waals surface area contributed by atoms with E-state index < -0.39 is 21.7 Å². The van der Waals surface area contributed by atoms with Gasteiger partial charge >= 0.3 is 0 Å². The van der Waals surface area contributed by atoms with E-state index in [1.54, 1.807) is 0 Å². The van der Waals surface area contributed by atoms with E-state index >= 15 is 0 Å². The molecule has 1 N–H and O–H groups in total.